The van der Waals surface area contributed by atoms with Crippen LogP contribution in [-0.4, -0.2) is 55.8 Å². The molecule has 2 unspecified atom stereocenters. The zero-order chi connectivity index (χ0) is 28.6. The van der Waals surface area contributed by atoms with Crippen molar-refractivity contribution in [2.75, 3.05) is 18.2 Å². The second-order valence-corrected chi connectivity index (χ2v) is 12.2. The predicted molar refractivity (Wildman–Crippen MR) is 150 cm³/mol. The van der Waals surface area contributed by atoms with Gasteiger partial charge in [-0.1, -0.05) is 13.8 Å². The minimum atomic E-state index is -3.36. The Balaban J connectivity index is 1.57. The molecule has 1 saturated carbocycles. The number of nitrogens with zero attached hydrogens (tertiary/aromatic N) is 7. The van der Waals surface area contributed by atoms with Crippen molar-refractivity contribution in [3.63, 3.8) is 0 Å². The summed E-state index contributed by atoms with van der Waals surface area (Å²) in [5, 5.41) is 3.16. The summed E-state index contributed by atoms with van der Waals surface area (Å²) in [5.41, 5.74) is 2.56. The molecule has 1 fully saturated rings. The van der Waals surface area contributed by atoms with Gasteiger partial charge < -0.3 is 10.1 Å². The molecule has 4 aromatic heterocycles. The first-order valence-corrected chi connectivity index (χ1v) is 15.0. The number of aromatic nitrogens is 7. The molecule has 0 amide bonds. The fourth-order valence-electron chi connectivity index (χ4n) is 4.50. The number of rotatable bonds is 10. The zero-order valence-corrected chi connectivity index (χ0v) is 23.9. The van der Waals surface area contributed by atoms with Crippen LogP contribution < -0.4 is 15.6 Å². The number of nitrogens with one attached hydrogen (secondary N) is 1. The van der Waals surface area contributed by atoms with E-state index in [2.05, 4.69) is 30.2 Å². The molecule has 0 bridgehead atoms. The van der Waals surface area contributed by atoms with Crippen LogP contribution in [0.25, 0.3) is 22.6 Å². The SMILES string of the molecule is CCC(C)n1c(=O)c(NC(C)c2ccc(S(=O)(=O)CC)cn2)nc2cnc(-c3c(OC)ncnc3C3CC3)nc21. The van der Waals surface area contributed by atoms with E-state index >= 15 is 0 Å². The maximum atomic E-state index is 13.8. The molecule has 1 aliphatic carbocycles. The van der Waals surface area contributed by atoms with Crippen molar-refractivity contribution in [2.45, 2.75) is 69.9 Å². The highest BCUT2D eigenvalue weighted by molar-refractivity contribution is 7.91. The first-order chi connectivity index (χ1) is 19.2. The lowest BCUT2D eigenvalue weighted by Crippen LogP contribution is -2.29. The highest BCUT2D eigenvalue weighted by atomic mass is 32.2. The van der Waals surface area contributed by atoms with Gasteiger partial charge in [0.2, 0.25) is 5.88 Å². The molecule has 210 valence electrons. The molecule has 0 aromatic carbocycles. The fourth-order valence-corrected chi connectivity index (χ4v) is 5.32. The standard InChI is InChI=1S/C27H32N8O4S/c1-6-15(3)35-25-20(13-29-23(34-25)21-22(17-8-9-17)30-14-31-26(21)39-5)33-24(27(35)36)32-16(4)19-11-10-18(12-28-19)40(37,38)7-2/h10-17H,6-9H2,1-5H3,(H,32,33). The third-order valence-corrected chi connectivity index (χ3v) is 8.90. The van der Waals surface area contributed by atoms with Crippen molar-refractivity contribution in [3.05, 3.63) is 52.6 Å². The third kappa shape index (κ3) is 5.12. The van der Waals surface area contributed by atoms with Crippen LogP contribution in [0, 0.1) is 0 Å². The molecule has 0 radical (unpaired) electrons. The van der Waals surface area contributed by atoms with Crippen LogP contribution in [0.1, 0.15) is 76.3 Å². The summed E-state index contributed by atoms with van der Waals surface area (Å²) in [6.45, 7) is 7.36. The van der Waals surface area contributed by atoms with E-state index in [1.54, 1.807) is 30.9 Å². The van der Waals surface area contributed by atoms with Crippen LogP contribution in [-0.2, 0) is 9.84 Å². The Morgan fingerprint density at radius 3 is 2.48 bits per heavy atom. The van der Waals surface area contributed by atoms with Gasteiger partial charge in [-0.2, -0.15) is 0 Å². The van der Waals surface area contributed by atoms with E-state index in [0.717, 1.165) is 18.5 Å². The van der Waals surface area contributed by atoms with E-state index in [0.29, 0.717) is 46.5 Å². The summed E-state index contributed by atoms with van der Waals surface area (Å²) in [4.78, 5) is 41.0. The lowest BCUT2D eigenvalue weighted by atomic mass is 10.1. The highest BCUT2D eigenvalue weighted by Gasteiger charge is 2.31. The molecular formula is C27H32N8O4S. The van der Waals surface area contributed by atoms with Crippen LogP contribution in [0.2, 0.25) is 0 Å². The Hall–Kier alpha value is -4.00. The molecular weight excluding hydrogens is 532 g/mol. The summed E-state index contributed by atoms with van der Waals surface area (Å²) in [7, 11) is -1.81. The average molecular weight is 565 g/mol. The minimum absolute atomic E-state index is 0.00620. The number of anilines is 1. The van der Waals surface area contributed by atoms with Crippen molar-refractivity contribution in [2.24, 2.45) is 0 Å². The smallest absolute Gasteiger partial charge is 0.295 e. The van der Waals surface area contributed by atoms with Gasteiger partial charge in [0, 0.05) is 18.2 Å². The number of hydrogen-bond acceptors (Lipinski definition) is 11. The Labute approximate surface area is 232 Å². The molecule has 13 heteroatoms. The Morgan fingerprint density at radius 1 is 1.07 bits per heavy atom. The van der Waals surface area contributed by atoms with Crippen molar-refractivity contribution in [1.82, 2.24) is 34.5 Å². The minimum Gasteiger partial charge on any atom is -0.480 e. The molecule has 0 aliphatic heterocycles. The third-order valence-electron chi connectivity index (χ3n) is 7.18. The van der Waals surface area contributed by atoms with Gasteiger partial charge >= 0.3 is 0 Å². The zero-order valence-electron chi connectivity index (χ0n) is 23.1. The fraction of sp³-hybridized carbons (Fsp3) is 0.444. The normalized spacial score (nSPS) is 15.1. The monoisotopic (exact) mass is 564 g/mol. The van der Waals surface area contributed by atoms with Gasteiger partial charge in [-0.25, -0.2) is 33.3 Å². The molecule has 1 N–H and O–H groups in total. The Morgan fingerprint density at radius 2 is 1.85 bits per heavy atom. The van der Waals surface area contributed by atoms with E-state index < -0.39 is 15.9 Å². The van der Waals surface area contributed by atoms with Crippen LogP contribution in [0.4, 0.5) is 5.82 Å². The largest absolute Gasteiger partial charge is 0.480 e. The maximum absolute atomic E-state index is 13.8. The predicted octanol–water partition coefficient (Wildman–Crippen LogP) is 3.86. The molecule has 40 heavy (non-hydrogen) atoms. The van der Waals surface area contributed by atoms with Gasteiger partial charge in [0.15, 0.2) is 27.1 Å². The number of ether oxygens (including phenoxy) is 1. The maximum Gasteiger partial charge on any atom is 0.295 e. The van der Waals surface area contributed by atoms with Crippen molar-refractivity contribution < 1.29 is 13.2 Å². The van der Waals surface area contributed by atoms with Crippen molar-refractivity contribution in [3.8, 4) is 17.3 Å². The van der Waals surface area contributed by atoms with E-state index in [-0.39, 0.29) is 28.1 Å². The van der Waals surface area contributed by atoms with E-state index in [4.69, 9.17) is 9.72 Å². The molecule has 0 spiro atoms. The summed E-state index contributed by atoms with van der Waals surface area (Å²) >= 11 is 0. The summed E-state index contributed by atoms with van der Waals surface area (Å²) in [6, 6.07) is 2.56. The first kappa shape index (κ1) is 27.6. The number of sulfone groups is 1. The summed E-state index contributed by atoms with van der Waals surface area (Å²) < 4.78 is 31.4. The lowest BCUT2D eigenvalue weighted by molar-refractivity contribution is 0.397. The van der Waals surface area contributed by atoms with Gasteiger partial charge in [0.05, 0.1) is 41.4 Å². The van der Waals surface area contributed by atoms with E-state index in [1.165, 1.54) is 18.6 Å². The van der Waals surface area contributed by atoms with Gasteiger partial charge in [-0.3, -0.25) is 14.3 Å². The number of pyridine rings is 1. The quantitative estimate of drug-likeness (QED) is 0.298. The number of methoxy groups -OCH3 is 1. The van der Waals surface area contributed by atoms with E-state index in [9.17, 15) is 13.2 Å². The topological polar surface area (TPSA) is 155 Å². The molecule has 1 aliphatic rings. The van der Waals surface area contributed by atoms with E-state index in [1.807, 2.05) is 20.8 Å². The average Bonchev–Trinajstić information content (AvgIpc) is 3.82. The van der Waals surface area contributed by atoms with Crippen LogP contribution >= 0.6 is 0 Å². The molecule has 5 rings (SSSR count). The molecule has 4 heterocycles. The van der Waals surface area contributed by atoms with Gasteiger partial charge in [0.1, 0.15) is 17.4 Å². The highest BCUT2D eigenvalue weighted by Crippen LogP contribution is 2.44. The van der Waals surface area contributed by atoms with Crippen LogP contribution in [0.5, 0.6) is 5.88 Å². The second kappa shape index (κ2) is 10.9. The molecule has 12 nitrogen and oxygen atoms in total. The van der Waals surface area contributed by atoms with Gasteiger partial charge in [0.25, 0.3) is 5.56 Å². The second-order valence-electron chi connectivity index (χ2n) is 9.90. The molecule has 2 atom stereocenters. The molecule has 0 saturated heterocycles. The Kier molecular flexibility index (Phi) is 7.49. The van der Waals surface area contributed by atoms with Crippen LogP contribution in [0.3, 0.4) is 0 Å². The lowest BCUT2D eigenvalue weighted by Gasteiger charge is -2.20. The number of hydrogen-bond donors (Lipinski definition) is 1. The summed E-state index contributed by atoms with van der Waals surface area (Å²) in [5.74, 6) is 1.19. The van der Waals surface area contributed by atoms with Gasteiger partial charge in [-0.15, -0.1) is 0 Å². The Bertz CT molecular complexity index is 1720. The van der Waals surface area contributed by atoms with Crippen molar-refractivity contribution in [1.29, 1.82) is 0 Å². The summed E-state index contributed by atoms with van der Waals surface area (Å²) in [6.07, 6.45) is 7.16. The van der Waals surface area contributed by atoms with Crippen LogP contribution in [0.15, 0.2) is 40.5 Å². The first-order valence-electron chi connectivity index (χ1n) is 13.3. The van der Waals surface area contributed by atoms with Crippen molar-refractivity contribution >= 4 is 26.8 Å². The number of fused-ring (bicyclic) bond motifs is 1. The molecule has 4 aromatic rings. The van der Waals surface area contributed by atoms with Gasteiger partial charge in [-0.05, 0) is 45.2 Å².